The van der Waals surface area contributed by atoms with Crippen molar-refractivity contribution in [3.63, 3.8) is 0 Å². The number of nitrogens with zero attached hydrogens (tertiary/aromatic N) is 1. The zero-order valence-corrected chi connectivity index (χ0v) is 11.7. The van der Waals surface area contributed by atoms with Crippen LogP contribution in [-0.4, -0.2) is 34.7 Å². The zero-order valence-electron chi connectivity index (χ0n) is 11.7. The van der Waals surface area contributed by atoms with Gasteiger partial charge in [-0.2, -0.15) is 0 Å². The molecule has 2 rings (SSSR count). The molecule has 0 radical (unpaired) electrons. The number of likely N-dealkylation sites (N-methyl/N-ethyl adjacent to an activating group) is 1. The van der Waals surface area contributed by atoms with Gasteiger partial charge in [-0.1, -0.05) is 6.92 Å². The average molecular weight is 294 g/mol. The summed E-state index contributed by atoms with van der Waals surface area (Å²) < 4.78 is 5.56. The number of carbonyl (C=O) groups is 1. The van der Waals surface area contributed by atoms with Crippen molar-refractivity contribution < 1.29 is 19.6 Å². The third-order valence-corrected chi connectivity index (χ3v) is 3.66. The summed E-state index contributed by atoms with van der Waals surface area (Å²) in [5.74, 6) is -0.438. The second-order valence-electron chi connectivity index (χ2n) is 5.12. The van der Waals surface area contributed by atoms with Gasteiger partial charge in [-0.05, 0) is 37.4 Å². The fourth-order valence-electron chi connectivity index (χ4n) is 2.38. The second-order valence-corrected chi connectivity index (χ2v) is 5.12. The Morgan fingerprint density at radius 1 is 1.48 bits per heavy atom. The molecule has 1 aromatic rings. The number of rotatable bonds is 8. The number of carboxylic acid groups (broad SMARTS) is 1. The topological polar surface area (TPSA) is 102 Å². The molecule has 114 valence electrons. The summed E-state index contributed by atoms with van der Waals surface area (Å²) in [5.41, 5.74) is -1.11. The summed E-state index contributed by atoms with van der Waals surface area (Å²) in [6.07, 6.45) is 1.73. The van der Waals surface area contributed by atoms with Gasteiger partial charge in [0.2, 0.25) is 0 Å². The number of benzene rings is 1. The fourth-order valence-corrected chi connectivity index (χ4v) is 2.38. The number of ether oxygens (including phenoxy) is 1. The average Bonchev–Trinajstić information content (AvgIpc) is 3.28. The molecular formula is C14H18N2O5. The van der Waals surface area contributed by atoms with Crippen LogP contribution in [0.4, 0.5) is 5.69 Å². The van der Waals surface area contributed by atoms with E-state index in [-0.39, 0.29) is 18.2 Å². The third kappa shape index (κ3) is 3.30. The lowest BCUT2D eigenvalue weighted by atomic mass is 9.94. The highest BCUT2D eigenvalue weighted by molar-refractivity contribution is 5.80. The fraction of sp³-hybridized carbons (Fsp3) is 0.500. The smallest absolute Gasteiger partial charge is 0.327 e. The Morgan fingerprint density at radius 3 is 2.52 bits per heavy atom. The molecule has 0 aromatic heterocycles. The first-order valence-electron chi connectivity index (χ1n) is 6.85. The first-order valence-corrected chi connectivity index (χ1v) is 6.85. The van der Waals surface area contributed by atoms with Crippen molar-refractivity contribution in [2.75, 3.05) is 13.2 Å². The minimum absolute atomic E-state index is 0.00134. The minimum atomic E-state index is -1.09. The number of aliphatic carboxylic acids is 1. The van der Waals surface area contributed by atoms with E-state index in [0.717, 1.165) is 12.8 Å². The lowest BCUT2D eigenvalue weighted by Crippen LogP contribution is -2.58. The third-order valence-electron chi connectivity index (χ3n) is 3.66. The number of nitro groups is 1. The molecule has 0 saturated heterocycles. The summed E-state index contributed by atoms with van der Waals surface area (Å²) in [5, 5.41) is 23.1. The molecule has 1 aliphatic rings. The maximum absolute atomic E-state index is 11.6. The van der Waals surface area contributed by atoms with Crippen LogP contribution in [0.5, 0.6) is 5.75 Å². The van der Waals surface area contributed by atoms with Crippen molar-refractivity contribution in [2.24, 2.45) is 5.92 Å². The van der Waals surface area contributed by atoms with Crippen LogP contribution in [0.2, 0.25) is 0 Å². The zero-order chi connectivity index (χ0) is 15.5. The van der Waals surface area contributed by atoms with Crippen LogP contribution in [-0.2, 0) is 4.79 Å². The van der Waals surface area contributed by atoms with E-state index in [1.165, 1.54) is 24.3 Å². The van der Waals surface area contributed by atoms with Gasteiger partial charge in [0.15, 0.2) is 5.54 Å². The van der Waals surface area contributed by atoms with Crippen molar-refractivity contribution in [3.8, 4) is 5.75 Å². The van der Waals surface area contributed by atoms with Crippen LogP contribution < -0.4 is 10.1 Å². The van der Waals surface area contributed by atoms with E-state index >= 15 is 0 Å². The van der Waals surface area contributed by atoms with Crippen molar-refractivity contribution in [1.82, 2.24) is 5.32 Å². The number of nitrogens with one attached hydrogen (secondary N) is 1. The Morgan fingerprint density at radius 2 is 2.10 bits per heavy atom. The van der Waals surface area contributed by atoms with E-state index in [4.69, 9.17) is 4.74 Å². The number of carboxylic acids is 1. The molecule has 1 fully saturated rings. The van der Waals surface area contributed by atoms with Crippen LogP contribution in [0.1, 0.15) is 19.8 Å². The number of hydrogen-bond donors (Lipinski definition) is 2. The largest absolute Gasteiger partial charge is 0.491 e. The van der Waals surface area contributed by atoms with E-state index in [2.05, 4.69) is 5.32 Å². The molecule has 0 heterocycles. The van der Waals surface area contributed by atoms with Crippen LogP contribution >= 0.6 is 0 Å². The molecule has 0 spiro atoms. The Balaban J connectivity index is 2.07. The van der Waals surface area contributed by atoms with Gasteiger partial charge < -0.3 is 9.84 Å². The van der Waals surface area contributed by atoms with Crippen LogP contribution in [0.3, 0.4) is 0 Å². The van der Waals surface area contributed by atoms with Gasteiger partial charge in [0.25, 0.3) is 5.69 Å². The molecule has 1 unspecified atom stereocenters. The highest BCUT2D eigenvalue weighted by Gasteiger charge is 2.51. The highest BCUT2D eigenvalue weighted by atomic mass is 16.6. The van der Waals surface area contributed by atoms with E-state index in [1.807, 2.05) is 6.92 Å². The molecule has 0 amide bonds. The molecule has 21 heavy (non-hydrogen) atoms. The van der Waals surface area contributed by atoms with E-state index in [0.29, 0.717) is 12.3 Å². The number of hydrogen-bond acceptors (Lipinski definition) is 5. The molecule has 0 aliphatic heterocycles. The Kier molecular flexibility index (Phi) is 4.42. The maximum atomic E-state index is 11.6. The van der Waals surface area contributed by atoms with Gasteiger partial charge in [-0.15, -0.1) is 0 Å². The van der Waals surface area contributed by atoms with Gasteiger partial charge in [0.05, 0.1) is 4.92 Å². The Bertz CT molecular complexity index is 527. The van der Waals surface area contributed by atoms with Gasteiger partial charge in [0.1, 0.15) is 12.4 Å². The van der Waals surface area contributed by atoms with Gasteiger partial charge in [-0.3, -0.25) is 20.2 Å². The monoisotopic (exact) mass is 294 g/mol. The first-order chi connectivity index (χ1) is 9.99. The molecule has 0 bridgehead atoms. The van der Waals surface area contributed by atoms with E-state index in [9.17, 15) is 20.0 Å². The van der Waals surface area contributed by atoms with Crippen LogP contribution in [0, 0.1) is 16.0 Å². The van der Waals surface area contributed by atoms with E-state index < -0.39 is 16.4 Å². The summed E-state index contributed by atoms with van der Waals surface area (Å²) >= 11 is 0. The molecule has 7 nitrogen and oxygen atoms in total. The van der Waals surface area contributed by atoms with Crippen LogP contribution in [0.15, 0.2) is 24.3 Å². The lowest BCUT2D eigenvalue weighted by molar-refractivity contribution is -0.384. The summed E-state index contributed by atoms with van der Waals surface area (Å²) in [6.45, 7) is 2.39. The SMILES string of the molecule is CCNC(COc1ccc([N+](=O)[O-])cc1)(C(=O)O)C1CC1. The summed E-state index contributed by atoms with van der Waals surface area (Å²) in [7, 11) is 0. The molecule has 1 saturated carbocycles. The Hall–Kier alpha value is -2.15. The standard InChI is InChI=1S/C14H18N2O5/c1-2-15-14(13(17)18,10-3-4-10)9-21-12-7-5-11(6-8-12)16(19)20/h5-8,10,15H,2-4,9H2,1H3,(H,17,18). The second kappa shape index (κ2) is 6.09. The summed E-state index contributed by atoms with van der Waals surface area (Å²) in [4.78, 5) is 21.7. The van der Waals surface area contributed by atoms with Crippen molar-refractivity contribution >= 4 is 11.7 Å². The lowest BCUT2D eigenvalue weighted by Gasteiger charge is -2.30. The normalized spacial score (nSPS) is 17.0. The van der Waals surface area contributed by atoms with Crippen molar-refractivity contribution in [2.45, 2.75) is 25.3 Å². The van der Waals surface area contributed by atoms with Crippen molar-refractivity contribution in [3.05, 3.63) is 34.4 Å². The highest BCUT2D eigenvalue weighted by Crippen LogP contribution is 2.40. The molecular weight excluding hydrogens is 276 g/mol. The summed E-state index contributed by atoms with van der Waals surface area (Å²) in [6, 6.07) is 5.62. The quantitative estimate of drug-likeness (QED) is 0.560. The van der Waals surface area contributed by atoms with Crippen molar-refractivity contribution in [1.29, 1.82) is 0 Å². The molecule has 2 N–H and O–H groups in total. The Labute approximate surface area is 122 Å². The first kappa shape index (κ1) is 15.2. The molecule has 1 aromatic carbocycles. The maximum Gasteiger partial charge on any atom is 0.327 e. The molecule has 1 atom stereocenters. The van der Waals surface area contributed by atoms with Gasteiger partial charge in [-0.25, -0.2) is 0 Å². The minimum Gasteiger partial charge on any atom is -0.491 e. The van der Waals surface area contributed by atoms with Crippen LogP contribution in [0.25, 0.3) is 0 Å². The number of nitro benzene ring substituents is 1. The predicted molar refractivity (Wildman–Crippen MR) is 75.4 cm³/mol. The van der Waals surface area contributed by atoms with E-state index in [1.54, 1.807) is 0 Å². The number of non-ortho nitro benzene ring substituents is 1. The molecule has 1 aliphatic carbocycles. The molecule has 7 heteroatoms. The predicted octanol–water partition coefficient (Wildman–Crippen LogP) is 1.82. The van der Waals surface area contributed by atoms with Gasteiger partial charge in [0, 0.05) is 12.1 Å². The van der Waals surface area contributed by atoms with Gasteiger partial charge >= 0.3 is 5.97 Å².